The second-order valence-electron chi connectivity index (χ2n) is 5.63. The number of hydrogen-bond donors (Lipinski definition) is 0. The summed E-state index contributed by atoms with van der Waals surface area (Å²) in [6, 6.07) is 5.12. The van der Waals surface area contributed by atoms with Gasteiger partial charge in [-0.05, 0) is 30.9 Å². The number of nitrogens with zero attached hydrogens (tertiary/aromatic N) is 1. The van der Waals surface area contributed by atoms with Gasteiger partial charge in [0.15, 0.2) is 0 Å². The van der Waals surface area contributed by atoms with Crippen LogP contribution in [-0.4, -0.2) is 23.4 Å². The van der Waals surface area contributed by atoms with E-state index < -0.39 is 17.6 Å². The summed E-state index contributed by atoms with van der Waals surface area (Å²) in [6.45, 7) is 4.41. The van der Waals surface area contributed by atoms with Crippen molar-refractivity contribution >= 4 is 5.91 Å². The maximum atomic E-state index is 13.0. The molecule has 1 fully saturated rings. The predicted octanol–water partition coefficient (Wildman–Crippen LogP) is 3.97. The molecule has 1 aromatic rings. The largest absolute Gasteiger partial charge is 0.417 e. The molecular weight excluding hydrogens is 267 g/mol. The van der Waals surface area contributed by atoms with Gasteiger partial charge in [0.05, 0.1) is 11.1 Å². The minimum atomic E-state index is -4.50. The molecule has 0 heterocycles. The van der Waals surface area contributed by atoms with E-state index in [-0.39, 0.29) is 17.5 Å². The Hall–Kier alpha value is -1.52. The molecule has 1 aliphatic carbocycles. The number of rotatable bonds is 4. The SMILES string of the molecule is CC(C)CN(C(=O)c1ccccc1C(F)(F)F)C1CC1. The first-order valence-corrected chi connectivity index (χ1v) is 6.78. The summed E-state index contributed by atoms with van der Waals surface area (Å²) >= 11 is 0. The van der Waals surface area contributed by atoms with Crippen LogP contribution >= 0.6 is 0 Å². The molecule has 2 rings (SSSR count). The average molecular weight is 285 g/mol. The molecule has 0 bridgehead atoms. The van der Waals surface area contributed by atoms with E-state index in [9.17, 15) is 18.0 Å². The number of carbonyl (C=O) groups is 1. The Bertz CT molecular complexity index is 492. The first kappa shape index (κ1) is 14.9. The van der Waals surface area contributed by atoms with Crippen LogP contribution in [-0.2, 0) is 6.18 Å². The molecule has 0 radical (unpaired) electrons. The van der Waals surface area contributed by atoms with Crippen LogP contribution in [0.25, 0.3) is 0 Å². The first-order chi connectivity index (χ1) is 9.30. The Morgan fingerprint density at radius 2 is 1.90 bits per heavy atom. The van der Waals surface area contributed by atoms with E-state index in [2.05, 4.69) is 0 Å². The van der Waals surface area contributed by atoms with E-state index >= 15 is 0 Å². The molecule has 0 saturated heterocycles. The highest BCUT2D eigenvalue weighted by molar-refractivity contribution is 5.96. The molecule has 0 aliphatic heterocycles. The minimum absolute atomic E-state index is 0.103. The Morgan fingerprint density at radius 3 is 2.40 bits per heavy atom. The summed E-state index contributed by atoms with van der Waals surface area (Å²) in [6.07, 6.45) is -2.74. The van der Waals surface area contributed by atoms with Gasteiger partial charge in [-0.1, -0.05) is 26.0 Å². The zero-order chi connectivity index (χ0) is 14.9. The molecule has 0 unspecified atom stereocenters. The normalized spacial score (nSPS) is 15.5. The fourth-order valence-electron chi connectivity index (χ4n) is 2.25. The maximum Gasteiger partial charge on any atom is 0.417 e. The smallest absolute Gasteiger partial charge is 0.335 e. The van der Waals surface area contributed by atoms with E-state index in [1.54, 1.807) is 4.90 Å². The van der Waals surface area contributed by atoms with E-state index in [1.165, 1.54) is 18.2 Å². The number of amides is 1. The molecule has 0 spiro atoms. The lowest BCUT2D eigenvalue weighted by molar-refractivity contribution is -0.138. The maximum absolute atomic E-state index is 13.0. The number of carbonyl (C=O) groups excluding carboxylic acids is 1. The first-order valence-electron chi connectivity index (χ1n) is 6.78. The van der Waals surface area contributed by atoms with Gasteiger partial charge in [-0.2, -0.15) is 13.2 Å². The zero-order valence-electron chi connectivity index (χ0n) is 11.6. The van der Waals surface area contributed by atoms with Crippen molar-refractivity contribution in [2.75, 3.05) is 6.54 Å². The van der Waals surface area contributed by atoms with Crippen molar-refractivity contribution in [3.8, 4) is 0 Å². The van der Waals surface area contributed by atoms with Crippen LogP contribution in [0.1, 0.15) is 42.6 Å². The molecular formula is C15H18F3NO. The number of halogens is 3. The summed E-state index contributed by atoms with van der Waals surface area (Å²) in [7, 11) is 0. The van der Waals surface area contributed by atoms with E-state index in [0.717, 1.165) is 18.9 Å². The molecule has 1 aromatic carbocycles. The molecule has 110 valence electrons. The van der Waals surface area contributed by atoms with Crippen LogP contribution in [0.2, 0.25) is 0 Å². The van der Waals surface area contributed by atoms with Gasteiger partial charge in [-0.3, -0.25) is 4.79 Å². The Labute approximate surface area is 116 Å². The third kappa shape index (κ3) is 3.32. The fraction of sp³-hybridized carbons (Fsp3) is 0.533. The van der Waals surface area contributed by atoms with Crippen LogP contribution in [0.3, 0.4) is 0 Å². The van der Waals surface area contributed by atoms with Crippen molar-refractivity contribution in [1.29, 1.82) is 0 Å². The highest BCUT2D eigenvalue weighted by Gasteiger charge is 2.39. The highest BCUT2D eigenvalue weighted by Crippen LogP contribution is 2.34. The Balaban J connectivity index is 2.32. The highest BCUT2D eigenvalue weighted by atomic mass is 19.4. The van der Waals surface area contributed by atoms with Gasteiger partial charge in [0.25, 0.3) is 5.91 Å². The Kier molecular flexibility index (Phi) is 4.06. The van der Waals surface area contributed by atoms with Crippen molar-refractivity contribution in [3.63, 3.8) is 0 Å². The number of benzene rings is 1. The van der Waals surface area contributed by atoms with Crippen molar-refractivity contribution in [2.24, 2.45) is 5.92 Å². The van der Waals surface area contributed by atoms with E-state index in [0.29, 0.717) is 6.54 Å². The molecule has 0 aromatic heterocycles. The third-order valence-corrected chi connectivity index (χ3v) is 3.27. The quantitative estimate of drug-likeness (QED) is 0.819. The standard InChI is InChI=1S/C15H18F3NO/c1-10(2)9-19(11-7-8-11)14(20)12-5-3-4-6-13(12)15(16,17)18/h3-6,10-11H,7-9H2,1-2H3. The molecule has 5 heteroatoms. The van der Waals surface area contributed by atoms with Crippen LogP contribution in [0, 0.1) is 5.92 Å². The van der Waals surface area contributed by atoms with Crippen molar-refractivity contribution in [2.45, 2.75) is 38.9 Å². The molecule has 1 saturated carbocycles. The lowest BCUT2D eigenvalue weighted by Gasteiger charge is -2.25. The molecule has 0 atom stereocenters. The Morgan fingerprint density at radius 1 is 1.30 bits per heavy atom. The van der Waals surface area contributed by atoms with Crippen LogP contribution < -0.4 is 0 Å². The van der Waals surface area contributed by atoms with Crippen molar-refractivity contribution < 1.29 is 18.0 Å². The second-order valence-corrected chi connectivity index (χ2v) is 5.63. The van der Waals surface area contributed by atoms with Gasteiger partial charge in [0, 0.05) is 12.6 Å². The number of hydrogen-bond acceptors (Lipinski definition) is 1. The molecule has 0 N–H and O–H groups in total. The summed E-state index contributed by atoms with van der Waals surface area (Å²) in [5, 5.41) is 0. The summed E-state index contributed by atoms with van der Waals surface area (Å²) in [5.41, 5.74) is -1.09. The summed E-state index contributed by atoms with van der Waals surface area (Å²) < 4.78 is 38.9. The third-order valence-electron chi connectivity index (χ3n) is 3.27. The average Bonchev–Trinajstić information content (AvgIpc) is 3.18. The van der Waals surface area contributed by atoms with Gasteiger partial charge in [-0.25, -0.2) is 0 Å². The molecule has 2 nitrogen and oxygen atoms in total. The predicted molar refractivity (Wildman–Crippen MR) is 70.3 cm³/mol. The van der Waals surface area contributed by atoms with Crippen LogP contribution in [0.5, 0.6) is 0 Å². The summed E-state index contributed by atoms with van der Waals surface area (Å²) in [4.78, 5) is 14.0. The van der Waals surface area contributed by atoms with E-state index in [4.69, 9.17) is 0 Å². The molecule has 20 heavy (non-hydrogen) atoms. The van der Waals surface area contributed by atoms with Gasteiger partial charge in [0.2, 0.25) is 0 Å². The zero-order valence-corrected chi connectivity index (χ0v) is 11.6. The van der Waals surface area contributed by atoms with Crippen LogP contribution in [0.15, 0.2) is 24.3 Å². The van der Waals surface area contributed by atoms with Gasteiger partial charge in [0.1, 0.15) is 0 Å². The van der Waals surface area contributed by atoms with Gasteiger partial charge < -0.3 is 4.90 Å². The fourth-order valence-corrected chi connectivity index (χ4v) is 2.25. The van der Waals surface area contributed by atoms with E-state index in [1.807, 2.05) is 13.8 Å². The lowest BCUT2D eigenvalue weighted by atomic mass is 10.0. The lowest BCUT2D eigenvalue weighted by Crippen LogP contribution is -2.37. The molecule has 1 amide bonds. The number of alkyl halides is 3. The summed E-state index contributed by atoms with van der Waals surface area (Å²) in [5.74, 6) is -0.272. The monoisotopic (exact) mass is 285 g/mol. The van der Waals surface area contributed by atoms with Gasteiger partial charge in [-0.15, -0.1) is 0 Å². The molecule has 1 aliphatic rings. The second kappa shape index (κ2) is 5.46. The minimum Gasteiger partial charge on any atom is -0.335 e. The van der Waals surface area contributed by atoms with Crippen molar-refractivity contribution in [1.82, 2.24) is 4.90 Å². The van der Waals surface area contributed by atoms with Crippen molar-refractivity contribution in [3.05, 3.63) is 35.4 Å². The van der Waals surface area contributed by atoms with Crippen LogP contribution in [0.4, 0.5) is 13.2 Å². The topological polar surface area (TPSA) is 20.3 Å². The van der Waals surface area contributed by atoms with Gasteiger partial charge >= 0.3 is 6.18 Å².